The SMILES string of the molecule is CCCN(CCCC(=O)Nc1ccc(N)cc1)CC1CC1. The molecule has 0 bridgehead atoms. The summed E-state index contributed by atoms with van der Waals surface area (Å²) in [6.07, 6.45) is 5.46. The Hall–Kier alpha value is -1.55. The second kappa shape index (κ2) is 8.03. The number of carbonyl (C=O) groups is 1. The molecule has 1 aromatic carbocycles. The lowest BCUT2D eigenvalue weighted by Crippen LogP contribution is -2.28. The van der Waals surface area contributed by atoms with Gasteiger partial charge in [-0.15, -0.1) is 0 Å². The third kappa shape index (κ3) is 6.17. The predicted molar refractivity (Wildman–Crippen MR) is 88.2 cm³/mol. The van der Waals surface area contributed by atoms with Crippen LogP contribution >= 0.6 is 0 Å². The second-order valence-electron chi connectivity index (χ2n) is 6.02. The number of rotatable bonds is 9. The fourth-order valence-corrected chi connectivity index (χ4v) is 2.53. The van der Waals surface area contributed by atoms with Crippen LogP contribution in [-0.2, 0) is 4.79 Å². The van der Waals surface area contributed by atoms with Gasteiger partial charge in [0.2, 0.25) is 5.91 Å². The van der Waals surface area contributed by atoms with Crippen molar-refractivity contribution in [3.05, 3.63) is 24.3 Å². The van der Waals surface area contributed by atoms with Gasteiger partial charge in [0.15, 0.2) is 0 Å². The monoisotopic (exact) mass is 289 g/mol. The van der Waals surface area contributed by atoms with Crippen LogP contribution in [0.3, 0.4) is 0 Å². The van der Waals surface area contributed by atoms with Crippen LogP contribution in [0.5, 0.6) is 0 Å². The molecule has 116 valence electrons. The molecule has 0 aromatic heterocycles. The molecule has 1 aromatic rings. The first-order valence-corrected chi connectivity index (χ1v) is 8.05. The maximum Gasteiger partial charge on any atom is 0.224 e. The molecule has 0 spiro atoms. The molecule has 0 saturated heterocycles. The van der Waals surface area contributed by atoms with Gasteiger partial charge in [-0.1, -0.05) is 6.92 Å². The number of hydrogen-bond acceptors (Lipinski definition) is 3. The Labute approximate surface area is 127 Å². The summed E-state index contributed by atoms with van der Waals surface area (Å²) in [5.74, 6) is 1.00. The van der Waals surface area contributed by atoms with Crippen LogP contribution in [0.4, 0.5) is 11.4 Å². The van der Waals surface area contributed by atoms with E-state index in [2.05, 4.69) is 17.1 Å². The average Bonchev–Trinajstić information content (AvgIpc) is 3.25. The number of nitrogens with one attached hydrogen (secondary N) is 1. The Morgan fingerprint density at radius 3 is 2.62 bits per heavy atom. The van der Waals surface area contributed by atoms with E-state index in [0.29, 0.717) is 12.1 Å². The van der Waals surface area contributed by atoms with Gasteiger partial charge in [-0.2, -0.15) is 0 Å². The number of hydrogen-bond donors (Lipinski definition) is 2. The minimum absolute atomic E-state index is 0.0858. The van der Waals surface area contributed by atoms with Gasteiger partial charge in [-0.05, 0) is 69.0 Å². The van der Waals surface area contributed by atoms with E-state index in [4.69, 9.17) is 5.73 Å². The van der Waals surface area contributed by atoms with E-state index in [0.717, 1.165) is 31.1 Å². The van der Waals surface area contributed by atoms with Crippen LogP contribution in [0.1, 0.15) is 39.0 Å². The topological polar surface area (TPSA) is 58.4 Å². The summed E-state index contributed by atoms with van der Waals surface area (Å²) >= 11 is 0. The van der Waals surface area contributed by atoms with Crippen molar-refractivity contribution in [2.24, 2.45) is 5.92 Å². The molecular weight excluding hydrogens is 262 g/mol. The Morgan fingerprint density at radius 1 is 1.29 bits per heavy atom. The molecule has 4 nitrogen and oxygen atoms in total. The van der Waals surface area contributed by atoms with Crippen LogP contribution in [-0.4, -0.2) is 30.4 Å². The Bertz CT molecular complexity index is 440. The molecule has 1 fully saturated rings. The number of carbonyl (C=O) groups excluding carboxylic acids is 1. The van der Waals surface area contributed by atoms with Gasteiger partial charge < -0.3 is 16.0 Å². The fraction of sp³-hybridized carbons (Fsp3) is 0.588. The molecule has 0 heterocycles. The lowest BCUT2D eigenvalue weighted by Gasteiger charge is -2.21. The molecule has 1 aliphatic rings. The molecule has 1 saturated carbocycles. The lowest BCUT2D eigenvalue weighted by atomic mass is 10.2. The quantitative estimate of drug-likeness (QED) is 0.687. The second-order valence-corrected chi connectivity index (χ2v) is 6.02. The highest BCUT2D eigenvalue weighted by atomic mass is 16.1. The van der Waals surface area contributed by atoms with Crippen molar-refractivity contribution in [1.29, 1.82) is 0 Å². The van der Waals surface area contributed by atoms with Gasteiger partial charge in [0, 0.05) is 24.3 Å². The summed E-state index contributed by atoms with van der Waals surface area (Å²) in [5, 5.41) is 2.91. The molecular formula is C17H27N3O. The van der Waals surface area contributed by atoms with E-state index in [1.54, 1.807) is 12.1 Å². The van der Waals surface area contributed by atoms with Crippen LogP contribution in [0.15, 0.2) is 24.3 Å². The summed E-state index contributed by atoms with van der Waals surface area (Å²) in [6.45, 7) is 5.61. The number of nitrogen functional groups attached to an aromatic ring is 1. The smallest absolute Gasteiger partial charge is 0.224 e. The van der Waals surface area contributed by atoms with E-state index >= 15 is 0 Å². The third-order valence-corrected chi connectivity index (χ3v) is 3.83. The normalized spacial score (nSPS) is 14.4. The van der Waals surface area contributed by atoms with Gasteiger partial charge in [0.1, 0.15) is 0 Å². The predicted octanol–water partition coefficient (Wildman–Crippen LogP) is 3.11. The summed E-state index contributed by atoms with van der Waals surface area (Å²) < 4.78 is 0. The number of anilines is 2. The van der Waals surface area contributed by atoms with Crippen LogP contribution in [0.25, 0.3) is 0 Å². The highest BCUT2D eigenvalue weighted by Gasteiger charge is 2.23. The first kappa shape index (κ1) is 15.8. The largest absolute Gasteiger partial charge is 0.399 e. The van der Waals surface area contributed by atoms with Crippen molar-refractivity contribution >= 4 is 17.3 Å². The van der Waals surface area contributed by atoms with E-state index in [1.807, 2.05) is 12.1 Å². The minimum Gasteiger partial charge on any atom is -0.399 e. The summed E-state index contributed by atoms with van der Waals surface area (Å²) in [6, 6.07) is 7.27. The average molecular weight is 289 g/mol. The first-order chi connectivity index (χ1) is 10.2. The molecule has 1 amide bonds. The molecule has 0 aliphatic heterocycles. The van der Waals surface area contributed by atoms with Crippen molar-refractivity contribution in [2.45, 2.75) is 39.0 Å². The Balaban J connectivity index is 1.66. The lowest BCUT2D eigenvalue weighted by molar-refractivity contribution is -0.116. The number of nitrogens with two attached hydrogens (primary N) is 1. The third-order valence-electron chi connectivity index (χ3n) is 3.83. The number of benzene rings is 1. The number of nitrogens with zero attached hydrogens (tertiary/aromatic N) is 1. The fourth-order valence-electron chi connectivity index (χ4n) is 2.53. The molecule has 21 heavy (non-hydrogen) atoms. The van der Waals surface area contributed by atoms with Gasteiger partial charge in [-0.3, -0.25) is 4.79 Å². The van der Waals surface area contributed by atoms with Crippen molar-refractivity contribution < 1.29 is 4.79 Å². The molecule has 0 radical (unpaired) electrons. The molecule has 0 atom stereocenters. The molecule has 2 rings (SSSR count). The van der Waals surface area contributed by atoms with E-state index in [9.17, 15) is 4.79 Å². The molecule has 3 N–H and O–H groups in total. The summed E-state index contributed by atoms with van der Waals surface area (Å²) in [5.41, 5.74) is 7.15. The van der Waals surface area contributed by atoms with E-state index < -0.39 is 0 Å². The molecule has 4 heteroatoms. The molecule has 1 aliphatic carbocycles. The first-order valence-electron chi connectivity index (χ1n) is 8.05. The van der Waals surface area contributed by atoms with Crippen molar-refractivity contribution in [3.63, 3.8) is 0 Å². The van der Waals surface area contributed by atoms with E-state index in [-0.39, 0.29) is 5.91 Å². The van der Waals surface area contributed by atoms with Crippen molar-refractivity contribution in [3.8, 4) is 0 Å². The zero-order chi connectivity index (χ0) is 15.1. The van der Waals surface area contributed by atoms with Gasteiger partial charge in [0.05, 0.1) is 0 Å². The summed E-state index contributed by atoms with van der Waals surface area (Å²) in [7, 11) is 0. The van der Waals surface area contributed by atoms with E-state index in [1.165, 1.54) is 25.8 Å². The van der Waals surface area contributed by atoms with Gasteiger partial charge in [0.25, 0.3) is 0 Å². The summed E-state index contributed by atoms with van der Waals surface area (Å²) in [4.78, 5) is 14.4. The van der Waals surface area contributed by atoms with Crippen LogP contribution in [0.2, 0.25) is 0 Å². The highest BCUT2D eigenvalue weighted by molar-refractivity contribution is 5.90. The van der Waals surface area contributed by atoms with Crippen LogP contribution < -0.4 is 11.1 Å². The van der Waals surface area contributed by atoms with Gasteiger partial charge >= 0.3 is 0 Å². The van der Waals surface area contributed by atoms with Crippen molar-refractivity contribution in [1.82, 2.24) is 4.90 Å². The highest BCUT2D eigenvalue weighted by Crippen LogP contribution is 2.29. The molecule has 0 unspecified atom stereocenters. The zero-order valence-electron chi connectivity index (χ0n) is 13.0. The van der Waals surface area contributed by atoms with Gasteiger partial charge in [-0.25, -0.2) is 0 Å². The Kier molecular flexibility index (Phi) is 6.05. The van der Waals surface area contributed by atoms with Crippen molar-refractivity contribution in [2.75, 3.05) is 30.7 Å². The zero-order valence-corrected chi connectivity index (χ0v) is 13.0. The number of amides is 1. The minimum atomic E-state index is 0.0858. The Morgan fingerprint density at radius 2 is 2.00 bits per heavy atom. The maximum absolute atomic E-state index is 11.9. The standard InChI is InChI=1S/C17H27N3O/c1-2-11-20(13-14-5-6-14)12-3-4-17(21)19-16-9-7-15(18)8-10-16/h7-10,14H,2-6,11-13,18H2,1H3,(H,19,21). The van der Waals surface area contributed by atoms with Crippen LogP contribution in [0, 0.1) is 5.92 Å². The maximum atomic E-state index is 11.9.